The molecule has 174 valence electrons. The maximum absolute atomic E-state index is 13.0. The van der Waals surface area contributed by atoms with Gasteiger partial charge in [0.2, 0.25) is 10.0 Å². The van der Waals surface area contributed by atoms with E-state index in [0.29, 0.717) is 31.7 Å². The second kappa shape index (κ2) is 9.25. The number of carbonyl (C=O) groups is 1. The third-order valence-corrected chi connectivity index (χ3v) is 10.00. The van der Waals surface area contributed by atoms with Crippen LogP contribution < -0.4 is 4.90 Å². The van der Waals surface area contributed by atoms with Crippen LogP contribution in [0.1, 0.15) is 23.2 Å². The van der Waals surface area contributed by atoms with Gasteiger partial charge in [-0.05, 0) is 55.5 Å². The molecule has 2 aliphatic heterocycles. The van der Waals surface area contributed by atoms with Gasteiger partial charge in [0.1, 0.15) is 0 Å². The summed E-state index contributed by atoms with van der Waals surface area (Å²) in [7, 11) is -3.47. The number of rotatable bonds is 5. The number of aromatic nitrogens is 1. The van der Waals surface area contributed by atoms with Crippen LogP contribution in [0.3, 0.4) is 0 Å². The van der Waals surface area contributed by atoms with E-state index in [2.05, 4.69) is 29.4 Å². The summed E-state index contributed by atoms with van der Waals surface area (Å²) in [6.45, 7) is 3.81. The minimum Gasteiger partial charge on any atom is -0.345 e. The van der Waals surface area contributed by atoms with E-state index in [9.17, 15) is 13.2 Å². The molecule has 2 aromatic carbocycles. The average molecular weight is 503 g/mol. The summed E-state index contributed by atoms with van der Waals surface area (Å²) in [6.07, 6.45) is 3.86. The fourth-order valence-corrected chi connectivity index (χ4v) is 7.53. The Hall–Kier alpha value is -2.14. The van der Waals surface area contributed by atoms with Crippen molar-refractivity contribution >= 4 is 54.4 Å². The topological polar surface area (TPSA) is 73.8 Å². The van der Waals surface area contributed by atoms with Gasteiger partial charge in [-0.2, -0.15) is 4.31 Å². The lowest BCUT2D eigenvalue weighted by molar-refractivity contribution is 0.0746. The minimum atomic E-state index is -3.47. The first-order chi connectivity index (χ1) is 16.0. The van der Waals surface area contributed by atoms with Crippen molar-refractivity contribution in [3.63, 3.8) is 0 Å². The average Bonchev–Trinajstić information content (AvgIpc) is 3.54. The first-order valence-corrected chi connectivity index (χ1v) is 14.5. The fraction of sp³-hybridized carbons (Fsp3) is 0.391. The summed E-state index contributed by atoms with van der Waals surface area (Å²) >= 11 is 3.39. The van der Waals surface area contributed by atoms with Gasteiger partial charge in [0.05, 0.1) is 15.1 Å². The smallest absolute Gasteiger partial charge is 0.253 e. The lowest BCUT2D eigenvalue weighted by Gasteiger charge is -2.34. The lowest BCUT2D eigenvalue weighted by atomic mass is 10.2. The van der Waals surface area contributed by atoms with Crippen molar-refractivity contribution in [2.45, 2.75) is 22.6 Å². The van der Waals surface area contributed by atoms with Crippen LogP contribution in [-0.4, -0.2) is 74.0 Å². The number of fused-ring (bicyclic) bond motifs is 1. The normalized spacial score (nSPS) is 17.7. The molecule has 0 aliphatic carbocycles. The van der Waals surface area contributed by atoms with Crippen molar-refractivity contribution in [1.82, 2.24) is 14.2 Å². The van der Waals surface area contributed by atoms with Gasteiger partial charge in [-0.25, -0.2) is 13.4 Å². The number of carbonyl (C=O) groups excluding carboxylic acids is 1. The molecule has 2 saturated heterocycles. The van der Waals surface area contributed by atoms with Crippen LogP contribution in [0.5, 0.6) is 0 Å². The van der Waals surface area contributed by atoms with E-state index in [4.69, 9.17) is 4.98 Å². The van der Waals surface area contributed by atoms with Gasteiger partial charge in [0.15, 0.2) is 5.13 Å². The molecule has 1 aromatic heterocycles. The highest BCUT2D eigenvalue weighted by molar-refractivity contribution is 7.98. The third kappa shape index (κ3) is 4.37. The highest BCUT2D eigenvalue weighted by Gasteiger charge is 2.28. The number of thiazole rings is 1. The van der Waals surface area contributed by atoms with Crippen molar-refractivity contribution in [2.75, 3.05) is 50.4 Å². The molecule has 0 N–H and O–H groups in total. The van der Waals surface area contributed by atoms with Crippen LogP contribution in [-0.2, 0) is 10.0 Å². The summed E-state index contributed by atoms with van der Waals surface area (Å²) in [6, 6.07) is 12.6. The fourth-order valence-electron chi connectivity index (χ4n) is 4.34. The molecule has 0 unspecified atom stereocenters. The van der Waals surface area contributed by atoms with Gasteiger partial charge < -0.3 is 9.80 Å². The Balaban J connectivity index is 1.24. The van der Waals surface area contributed by atoms with Crippen LogP contribution in [0.2, 0.25) is 0 Å². The van der Waals surface area contributed by atoms with Crippen LogP contribution in [0.15, 0.2) is 52.3 Å². The van der Waals surface area contributed by atoms with Crippen molar-refractivity contribution in [3.8, 4) is 0 Å². The number of piperazine rings is 1. The number of nitrogens with zero attached hydrogens (tertiary/aromatic N) is 4. The van der Waals surface area contributed by atoms with E-state index in [0.717, 1.165) is 36.6 Å². The second-order valence-corrected chi connectivity index (χ2v) is 12.0. The van der Waals surface area contributed by atoms with E-state index in [-0.39, 0.29) is 10.8 Å². The molecule has 2 fully saturated rings. The zero-order valence-corrected chi connectivity index (χ0v) is 20.9. The van der Waals surface area contributed by atoms with E-state index >= 15 is 0 Å². The van der Waals surface area contributed by atoms with E-state index in [1.165, 1.54) is 13.9 Å². The number of benzene rings is 2. The van der Waals surface area contributed by atoms with Gasteiger partial charge in [0.25, 0.3) is 5.91 Å². The molecule has 0 bridgehead atoms. The molecule has 3 heterocycles. The first-order valence-electron chi connectivity index (χ1n) is 11.1. The molecule has 0 atom stereocenters. The zero-order valence-electron chi connectivity index (χ0n) is 18.4. The number of anilines is 1. The van der Waals surface area contributed by atoms with Crippen LogP contribution >= 0.6 is 23.1 Å². The van der Waals surface area contributed by atoms with Gasteiger partial charge in [-0.3, -0.25) is 4.79 Å². The summed E-state index contributed by atoms with van der Waals surface area (Å²) in [5, 5.41) is 0.995. The van der Waals surface area contributed by atoms with Gasteiger partial charge in [-0.1, -0.05) is 17.4 Å². The van der Waals surface area contributed by atoms with Crippen LogP contribution in [0, 0.1) is 0 Å². The summed E-state index contributed by atoms with van der Waals surface area (Å²) in [4.78, 5) is 23.4. The monoisotopic (exact) mass is 502 g/mol. The van der Waals surface area contributed by atoms with Crippen molar-refractivity contribution in [2.24, 2.45) is 0 Å². The quantitative estimate of drug-likeness (QED) is 0.495. The molecular weight excluding hydrogens is 476 g/mol. The summed E-state index contributed by atoms with van der Waals surface area (Å²) < 4.78 is 28.1. The maximum Gasteiger partial charge on any atom is 0.253 e. The van der Waals surface area contributed by atoms with Crippen molar-refractivity contribution in [1.29, 1.82) is 0 Å². The van der Waals surface area contributed by atoms with Gasteiger partial charge >= 0.3 is 0 Å². The highest BCUT2D eigenvalue weighted by atomic mass is 32.2. The first kappa shape index (κ1) is 22.6. The molecule has 10 heteroatoms. The number of hydrogen-bond acceptors (Lipinski definition) is 7. The van der Waals surface area contributed by atoms with Crippen LogP contribution in [0.25, 0.3) is 10.2 Å². The second-order valence-electron chi connectivity index (χ2n) is 8.22. The lowest BCUT2D eigenvalue weighted by Crippen LogP contribution is -2.48. The summed E-state index contributed by atoms with van der Waals surface area (Å²) in [5.74, 6) is -0.0614. The van der Waals surface area contributed by atoms with E-state index < -0.39 is 10.0 Å². The molecule has 5 rings (SSSR count). The molecule has 2 aliphatic rings. The Bertz CT molecular complexity index is 1260. The third-order valence-electron chi connectivity index (χ3n) is 6.23. The zero-order chi connectivity index (χ0) is 23.0. The number of thioether (sulfide) groups is 1. The molecule has 0 spiro atoms. The predicted octanol–water partition coefficient (Wildman–Crippen LogP) is 3.77. The van der Waals surface area contributed by atoms with E-state index in [1.807, 2.05) is 4.90 Å². The van der Waals surface area contributed by atoms with Crippen LogP contribution in [0.4, 0.5) is 5.13 Å². The van der Waals surface area contributed by atoms with Crippen molar-refractivity contribution in [3.05, 3.63) is 48.0 Å². The molecule has 0 saturated carbocycles. The standard InChI is InChI=1S/C23H26N4O3S3/c1-31-19-5-4-6-20-21(19)24-23(32-20)26-15-13-25(14-16-26)22(28)17-7-9-18(10-8-17)33(29,30)27-11-2-3-12-27/h4-10H,2-3,11-16H2,1H3. The largest absolute Gasteiger partial charge is 0.345 e. The predicted molar refractivity (Wildman–Crippen MR) is 134 cm³/mol. The summed E-state index contributed by atoms with van der Waals surface area (Å²) in [5.41, 5.74) is 1.57. The number of para-hydroxylation sites is 1. The van der Waals surface area contributed by atoms with Gasteiger partial charge in [0, 0.05) is 49.7 Å². The Morgan fingerprint density at radius 1 is 0.970 bits per heavy atom. The molecule has 7 nitrogen and oxygen atoms in total. The molecule has 0 radical (unpaired) electrons. The number of sulfonamides is 1. The molecule has 3 aromatic rings. The number of amides is 1. The van der Waals surface area contributed by atoms with Gasteiger partial charge in [-0.15, -0.1) is 11.8 Å². The highest BCUT2D eigenvalue weighted by Crippen LogP contribution is 2.34. The molecule has 33 heavy (non-hydrogen) atoms. The maximum atomic E-state index is 13.0. The molecule has 1 amide bonds. The SMILES string of the molecule is CSc1cccc2sc(N3CCN(C(=O)c4ccc(S(=O)(=O)N5CCCC5)cc4)CC3)nc12. The number of hydrogen-bond donors (Lipinski definition) is 0. The van der Waals surface area contributed by atoms with Crippen molar-refractivity contribution < 1.29 is 13.2 Å². The Kier molecular flexibility index (Phi) is 6.34. The Labute approximate surface area is 202 Å². The minimum absolute atomic E-state index is 0.0614. The Morgan fingerprint density at radius 2 is 1.67 bits per heavy atom. The molecular formula is C23H26N4O3S3. The Morgan fingerprint density at radius 3 is 2.33 bits per heavy atom. The van der Waals surface area contributed by atoms with E-state index in [1.54, 1.807) is 47.4 Å².